The molecule has 0 radical (unpaired) electrons. The second-order valence-corrected chi connectivity index (χ2v) is 6.19. The van der Waals surface area contributed by atoms with Gasteiger partial charge in [0.15, 0.2) is 6.61 Å². The van der Waals surface area contributed by atoms with Crippen molar-refractivity contribution in [2.45, 2.75) is 57.8 Å². The number of carbonyl (C=O) groups excluding carboxylic acids is 2. The minimum Gasteiger partial charge on any atom is -0.456 e. The molecule has 0 aliphatic carbocycles. The Morgan fingerprint density at radius 1 is 1.07 bits per heavy atom. The Bertz CT molecular complexity index is 575. The van der Waals surface area contributed by atoms with E-state index in [1.807, 2.05) is 6.92 Å². The molecule has 1 aromatic carbocycles. The first-order chi connectivity index (χ1) is 12.7. The van der Waals surface area contributed by atoms with Gasteiger partial charge in [0, 0.05) is 0 Å². The largest absolute Gasteiger partial charge is 0.456 e. The number of unbranched alkanes of at least 4 members (excludes halogenated alkanes) is 3. The molecule has 0 saturated carbocycles. The van der Waals surface area contributed by atoms with Crippen LogP contribution in [0.3, 0.4) is 0 Å². The Labute approximate surface area is 155 Å². The number of benzene rings is 1. The standard InChI is InChI=1S/C19H24F4O4/c1-2-3-4-8-11-15(18(25)26-13-19(21,22)23)16(20)12-17(24)27-14-9-6-5-7-10-14/h5-7,9-10,15-16H,2-4,8,11-13H2,1H3. The first-order valence-electron chi connectivity index (χ1n) is 8.86. The summed E-state index contributed by atoms with van der Waals surface area (Å²) in [4.78, 5) is 23.8. The predicted molar refractivity (Wildman–Crippen MR) is 90.9 cm³/mol. The topological polar surface area (TPSA) is 52.6 Å². The van der Waals surface area contributed by atoms with Crippen LogP contribution in [0.25, 0.3) is 0 Å². The highest BCUT2D eigenvalue weighted by Crippen LogP contribution is 2.24. The molecule has 0 amide bonds. The highest BCUT2D eigenvalue weighted by atomic mass is 19.4. The van der Waals surface area contributed by atoms with Gasteiger partial charge in [0.1, 0.15) is 11.9 Å². The summed E-state index contributed by atoms with van der Waals surface area (Å²) in [5, 5.41) is 0. The molecule has 1 rings (SSSR count). The second-order valence-electron chi connectivity index (χ2n) is 6.19. The summed E-state index contributed by atoms with van der Waals surface area (Å²) in [7, 11) is 0. The molecular formula is C19H24F4O4. The van der Waals surface area contributed by atoms with Crippen molar-refractivity contribution in [1.82, 2.24) is 0 Å². The molecule has 1 aromatic rings. The fraction of sp³-hybridized carbons (Fsp3) is 0.579. The third-order valence-electron chi connectivity index (χ3n) is 3.82. The van der Waals surface area contributed by atoms with E-state index < -0.39 is 43.2 Å². The van der Waals surface area contributed by atoms with Gasteiger partial charge in [0.25, 0.3) is 0 Å². The zero-order valence-electron chi connectivity index (χ0n) is 15.1. The van der Waals surface area contributed by atoms with Crippen LogP contribution < -0.4 is 4.74 Å². The number of alkyl halides is 4. The van der Waals surface area contributed by atoms with Crippen LogP contribution in [0.2, 0.25) is 0 Å². The number of carbonyl (C=O) groups is 2. The maximum absolute atomic E-state index is 14.5. The maximum atomic E-state index is 14.5. The predicted octanol–water partition coefficient (Wildman–Crippen LogP) is 5.01. The van der Waals surface area contributed by atoms with E-state index in [0.29, 0.717) is 12.8 Å². The molecule has 0 heterocycles. The van der Waals surface area contributed by atoms with Crippen LogP contribution in [-0.2, 0) is 14.3 Å². The molecule has 2 atom stereocenters. The first kappa shape index (κ1) is 22.9. The van der Waals surface area contributed by atoms with E-state index in [1.54, 1.807) is 18.2 Å². The quantitative estimate of drug-likeness (QED) is 0.230. The average molecular weight is 392 g/mol. The lowest BCUT2D eigenvalue weighted by atomic mass is 9.94. The Morgan fingerprint density at radius 3 is 2.33 bits per heavy atom. The van der Waals surface area contributed by atoms with Crippen molar-refractivity contribution >= 4 is 11.9 Å². The Kier molecular flexibility index (Phi) is 9.82. The molecule has 0 aliphatic heterocycles. The van der Waals surface area contributed by atoms with Gasteiger partial charge in [-0.1, -0.05) is 50.8 Å². The summed E-state index contributed by atoms with van der Waals surface area (Å²) in [6.07, 6.45) is -4.48. The molecular weight excluding hydrogens is 368 g/mol. The normalized spacial score (nSPS) is 13.7. The fourth-order valence-corrected chi connectivity index (χ4v) is 2.46. The lowest BCUT2D eigenvalue weighted by molar-refractivity contribution is -0.191. The first-order valence-corrected chi connectivity index (χ1v) is 8.86. The molecule has 2 unspecified atom stereocenters. The smallest absolute Gasteiger partial charge is 0.422 e. The van der Waals surface area contributed by atoms with E-state index in [0.717, 1.165) is 12.8 Å². The van der Waals surface area contributed by atoms with Gasteiger partial charge in [0.2, 0.25) is 0 Å². The second kappa shape index (κ2) is 11.6. The summed E-state index contributed by atoms with van der Waals surface area (Å²) < 4.78 is 60.4. The van der Waals surface area contributed by atoms with E-state index in [1.165, 1.54) is 12.1 Å². The molecule has 0 fully saturated rings. The Balaban J connectivity index is 2.65. The number of halogens is 4. The number of rotatable bonds is 11. The van der Waals surface area contributed by atoms with Crippen LogP contribution in [0.5, 0.6) is 5.75 Å². The highest BCUT2D eigenvalue weighted by Gasteiger charge is 2.35. The lowest BCUT2D eigenvalue weighted by Gasteiger charge is -2.20. The molecule has 0 saturated heterocycles. The molecule has 0 spiro atoms. The highest BCUT2D eigenvalue weighted by molar-refractivity contribution is 5.77. The third kappa shape index (κ3) is 9.96. The van der Waals surface area contributed by atoms with Crippen molar-refractivity contribution in [2.24, 2.45) is 5.92 Å². The molecule has 8 heteroatoms. The van der Waals surface area contributed by atoms with Gasteiger partial charge in [-0.3, -0.25) is 9.59 Å². The summed E-state index contributed by atoms with van der Waals surface area (Å²) in [6.45, 7) is 0.186. The molecule has 152 valence electrons. The van der Waals surface area contributed by atoms with Gasteiger partial charge in [0.05, 0.1) is 12.3 Å². The SMILES string of the molecule is CCCCCCC(C(=O)OCC(F)(F)F)C(F)CC(=O)Oc1ccccc1. The van der Waals surface area contributed by atoms with E-state index in [-0.39, 0.29) is 12.2 Å². The minimum absolute atomic E-state index is 0.0104. The van der Waals surface area contributed by atoms with E-state index >= 15 is 0 Å². The summed E-state index contributed by atoms with van der Waals surface area (Å²) in [6, 6.07) is 7.97. The average Bonchev–Trinajstić information content (AvgIpc) is 2.59. The molecule has 4 nitrogen and oxygen atoms in total. The Hall–Kier alpha value is -2.12. The van der Waals surface area contributed by atoms with Crippen molar-refractivity contribution in [1.29, 1.82) is 0 Å². The van der Waals surface area contributed by atoms with Crippen molar-refractivity contribution in [3.8, 4) is 5.75 Å². The number of esters is 2. The van der Waals surface area contributed by atoms with Gasteiger partial charge < -0.3 is 9.47 Å². The number of ether oxygens (including phenoxy) is 2. The summed E-state index contributed by atoms with van der Waals surface area (Å²) >= 11 is 0. The van der Waals surface area contributed by atoms with Crippen LogP contribution in [0.15, 0.2) is 30.3 Å². The van der Waals surface area contributed by atoms with Crippen LogP contribution in [0, 0.1) is 5.92 Å². The molecule has 0 aliphatic rings. The minimum atomic E-state index is -4.69. The Morgan fingerprint density at radius 2 is 1.74 bits per heavy atom. The molecule has 0 aromatic heterocycles. The van der Waals surface area contributed by atoms with Crippen molar-refractivity contribution in [3.63, 3.8) is 0 Å². The van der Waals surface area contributed by atoms with Crippen molar-refractivity contribution in [2.75, 3.05) is 6.61 Å². The summed E-state index contributed by atoms with van der Waals surface area (Å²) in [5.74, 6) is -3.42. The van der Waals surface area contributed by atoms with Gasteiger partial charge in [-0.05, 0) is 18.6 Å². The van der Waals surface area contributed by atoms with Crippen LogP contribution in [0.1, 0.15) is 45.4 Å². The summed E-state index contributed by atoms with van der Waals surface area (Å²) in [5.41, 5.74) is 0. The van der Waals surface area contributed by atoms with E-state index in [2.05, 4.69) is 4.74 Å². The van der Waals surface area contributed by atoms with E-state index in [9.17, 15) is 27.2 Å². The van der Waals surface area contributed by atoms with Gasteiger partial charge in [-0.15, -0.1) is 0 Å². The van der Waals surface area contributed by atoms with E-state index in [4.69, 9.17) is 4.74 Å². The maximum Gasteiger partial charge on any atom is 0.422 e. The van der Waals surface area contributed by atoms with Crippen LogP contribution in [-0.4, -0.2) is 30.9 Å². The van der Waals surface area contributed by atoms with Gasteiger partial charge in [-0.2, -0.15) is 13.2 Å². The molecule has 27 heavy (non-hydrogen) atoms. The van der Waals surface area contributed by atoms with Crippen molar-refractivity contribution in [3.05, 3.63) is 30.3 Å². The number of para-hydroxylation sites is 1. The van der Waals surface area contributed by atoms with Gasteiger partial charge >= 0.3 is 18.1 Å². The van der Waals surface area contributed by atoms with Crippen molar-refractivity contribution < 1.29 is 36.6 Å². The van der Waals surface area contributed by atoms with Crippen LogP contribution >= 0.6 is 0 Å². The van der Waals surface area contributed by atoms with Crippen LogP contribution in [0.4, 0.5) is 17.6 Å². The third-order valence-corrected chi connectivity index (χ3v) is 3.82. The zero-order valence-corrected chi connectivity index (χ0v) is 15.1. The number of hydrogen-bond donors (Lipinski definition) is 0. The molecule has 0 N–H and O–H groups in total. The fourth-order valence-electron chi connectivity index (χ4n) is 2.46. The molecule has 0 bridgehead atoms. The number of hydrogen-bond acceptors (Lipinski definition) is 4. The monoisotopic (exact) mass is 392 g/mol. The zero-order chi connectivity index (χ0) is 20.3. The van der Waals surface area contributed by atoms with Gasteiger partial charge in [-0.25, -0.2) is 4.39 Å². The lowest BCUT2D eigenvalue weighted by Crippen LogP contribution is -2.32.